The van der Waals surface area contributed by atoms with Gasteiger partial charge in [-0.05, 0) is 32.8 Å². The standard InChI is InChI=1S/C15H18N4O3/c1-3-18(4-2)14(21)9-7-11-12(16-8-9)19(10-5-6-10)15(22)17-13(11)20/h7-8,10H,3-6H2,1-2H3,(H,17,20,22). The number of H-pyrrole nitrogens is 1. The van der Waals surface area contributed by atoms with Gasteiger partial charge in [0.1, 0.15) is 5.65 Å². The van der Waals surface area contributed by atoms with Crippen molar-refractivity contribution in [2.75, 3.05) is 13.1 Å². The van der Waals surface area contributed by atoms with Crippen LogP contribution < -0.4 is 11.2 Å². The topological polar surface area (TPSA) is 88.1 Å². The Hall–Kier alpha value is -2.44. The second kappa shape index (κ2) is 5.40. The van der Waals surface area contributed by atoms with Crippen LogP contribution in [0.5, 0.6) is 0 Å². The second-order valence-corrected chi connectivity index (χ2v) is 5.43. The molecular weight excluding hydrogens is 284 g/mol. The van der Waals surface area contributed by atoms with Crippen molar-refractivity contribution in [3.8, 4) is 0 Å². The highest BCUT2D eigenvalue weighted by Crippen LogP contribution is 2.34. The number of carbonyl (C=O) groups is 1. The summed E-state index contributed by atoms with van der Waals surface area (Å²) < 4.78 is 1.52. The van der Waals surface area contributed by atoms with Crippen molar-refractivity contribution in [3.63, 3.8) is 0 Å². The molecule has 3 rings (SSSR count). The molecule has 1 saturated carbocycles. The number of nitrogens with one attached hydrogen (secondary N) is 1. The summed E-state index contributed by atoms with van der Waals surface area (Å²) in [5.74, 6) is -0.164. The quantitative estimate of drug-likeness (QED) is 0.909. The molecule has 7 nitrogen and oxygen atoms in total. The molecule has 0 bridgehead atoms. The lowest BCUT2D eigenvalue weighted by molar-refractivity contribution is 0.0773. The van der Waals surface area contributed by atoms with E-state index in [2.05, 4.69) is 9.97 Å². The Morgan fingerprint density at radius 3 is 2.64 bits per heavy atom. The van der Waals surface area contributed by atoms with Gasteiger partial charge in [-0.15, -0.1) is 0 Å². The molecule has 0 spiro atoms. The lowest BCUT2D eigenvalue weighted by Crippen LogP contribution is -2.32. The van der Waals surface area contributed by atoms with Gasteiger partial charge in [0.15, 0.2) is 0 Å². The van der Waals surface area contributed by atoms with Crippen LogP contribution in [-0.2, 0) is 0 Å². The number of aromatic nitrogens is 3. The highest BCUT2D eigenvalue weighted by atomic mass is 16.2. The lowest BCUT2D eigenvalue weighted by Gasteiger charge is -2.18. The second-order valence-electron chi connectivity index (χ2n) is 5.43. The van der Waals surface area contributed by atoms with Gasteiger partial charge in [0, 0.05) is 25.3 Å². The number of hydrogen-bond donors (Lipinski definition) is 1. The Kier molecular flexibility index (Phi) is 3.56. The monoisotopic (exact) mass is 302 g/mol. The predicted octanol–water partition coefficient (Wildman–Crippen LogP) is 0.902. The van der Waals surface area contributed by atoms with Crippen LogP contribution >= 0.6 is 0 Å². The Morgan fingerprint density at radius 2 is 2.05 bits per heavy atom. The summed E-state index contributed by atoms with van der Waals surface area (Å²) in [4.78, 5) is 44.6. The molecule has 2 aromatic heterocycles. The van der Waals surface area contributed by atoms with Crippen LogP contribution in [0.3, 0.4) is 0 Å². The van der Waals surface area contributed by atoms with Gasteiger partial charge in [-0.25, -0.2) is 9.78 Å². The van der Waals surface area contributed by atoms with Crippen molar-refractivity contribution in [2.24, 2.45) is 0 Å². The van der Waals surface area contributed by atoms with Crippen LogP contribution in [0.4, 0.5) is 0 Å². The molecule has 116 valence electrons. The molecular formula is C15H18N4O3. The van der Waals surface area contributed by atoms with Gasteiger partial charge in [-0.3, -0.25) is 19.1 Å². The first-order valence-electron chi connectivity index (χ1n) is 7.50. The minimum atomic E-state index is -0.501. The maximum atomic E-state index is 12.4. The van der Waals surface area contributed by atoms with E-state index in [1.165, 1.54) is 16.8 Å². The van der Waals surface area contributed by atoms with Crippen molar-refractivity contribution in [1.82, 2.24) is 19.4 Å². The summed E-state index contributed by atoms with van der Waals surface area (Å²) in [5, 5.41) is 0.282. The van der Waals surface area contributed by atoms with Gasteiger partial charge in [0.2, 0.25) is 0 Å². The van der Waals surface area contributed by atoms with Crippen molar-refractivity contribution >= 4 is 16.9 Å². The molecule has 2 aromatic rings. The maximum Gasteiger partial charge on any atom is 0.330 e. The number of aromatic amines is 1. The Balaban J connectivity index is 2.17. The van der Waals surface area contributed by atoms with Crippen molar-refractivity contribution in [1.29, 1.82) is 0 Å². The van der Waals surface area contributed by atoms with E-state index in [4.69, 9.17) is 0 Å². The van der Waals surface area contributed by atoms with Crippen molar-refractivity contribution < 1.29 is 4.79 Å². The van der Waals surface area contributed by atoms with Gasteiger partial charge in [0.05, 0.1) is 10.9 Å². The molecule has 1 amide bonds. The number of hydrogen-bond acceptors (Lipinski definition) is 4. The van der Waals surface area contributed by atoms with Gasteiger partial charge in [0.25, 0.3) is 11.5 Å². The van der Waals surface area contributed by atoms with E-state index in [0.717, 1.165) is 12.8 Å². The molecule has 0 saturated heterocycles. The van der Waals surface area contributed by atoms with Crippen LogP contribution in [0.2, 0.25) is 0 Å². The summed E-state index contributed by atoms with van der Waals surface area (Å²) in [6, 6.07) is 1.63. The molecule has 0 unspecified atom stereocenters. The molecule has 7 heteroatoms. The summed E-state index contributed by atoms with van der Waals surface area (Å²) >= 11 is 0. The molecule has 22 heavy (non-hydrogen) atoms. The third kappa shape index (κ3) is 2.32. The maximum absolute atomic E-state index is 12.4. The lowest BCUT2D eigenvalue weighted by atomic mass is 10.2. The van der Waals surface area contributed by atoms with Crippen molar-refractivity contribution in [3.05, 3.63) is 38.7 Å². The largest absolute Gasteiger partial charge is 0.339 e. The first-order valence-corrected chi connectivity index (χ1v) is 7.50. The smallest absolute Gasteiger partial charge is 0.330 e. The highest BCUT2D eigenvalue weighted by molar-refractivity contribution is 5.96. The minimum Gasteiger partial charge on any atom is -0.339 e. The first-order chi connectivity index (χ1) is 10.6. The summed E-state index contributed by atoms with van der Waals surface area (Å²) in [5.41, 5.74) is -0.219. The van der Waals surface area contributed by atoms with Gasteiger partial charge < -0.3 is 4.90 Å². The minimum absolute atomic E-state index is 0.101. The van der Waals surface area contributed by atoms with E-state index < -0.39 is 11.2 Å². The van der Waals surface area contributed by atoms with E-state index in [0.29, 0.717) is 24.3 Å². The molecule has 1 fully saturated rings. The zero-order chi connectivity index (χ0) is 15.9. The number of amides is 1. The molecule has 0 aromatic carbocycles. The number of pyridine rings is 1. The van der Waals surface area contributed by atoms with Crippen LogP contribution in [-0.4, -0.2) is 38.4 Å². The third-order valence-electron chi connectivity index (χ3n) is 3.99. The van der Waals surface area contributed by atoms with Crippen LogP contribution in [0.15, 0.2) is 21.9 Å². The fourth-order valence-corrected chi connectivity index (χ4v) is 2.62. The van der Waals surface area contributed by atoms with Crippen LogP contribution in [0.1, 0.15) is 43.1 Å². The highest BCUT2D eigenvalue weighted by Gasteiger charge is 2.28. The Morgan fingerprint density at radius 1 is 1.36 bits per heavy atom. The molecule has 1 N–H and O–H groups in total. The SMILES string of the molecule is CCN(CC)C(=O)c1cnc2c(c1)c(=O)[nH]c(=O)n2C1CC1. The molecule has 2 heterocycles. The molecule has 1 aliphatic carbocycles. The Labute approximate surface area is 126 Å². The van der Waals surface area contributed by atoms with Gasteiger partial charge >= 0.3 is 5.69 Å². The van der Waals surface area contributed by atoms with E-state index in [1.807, 2.05) is 13.8 Å². The van der Waals surface area contributed by atoms with Crippen molar-refractivity contribution in [2.45, 2.75) is 32.7 Å². The fourth-order valence-electron chi connectivity index (χ4n) is 2.62. The number of carbonyl (C=O) groups excluding carboxylic acids is 1. The predicted molar refractivity (Wildman–Crippen MR) is 82.1 cm³/mol. The summed E-state index contributed by atoms with van der Waals surface area (Å²) in [6.45, 7) is 4.97. The van der Waals surface area contributed by atoms with Crippen LogP contribution in [0, 0.1) is 0 Å². The average molecular weight is 302 g/mol. The van der Waals surface area contributed by atoms with Gasteiger partial charge in [-0.1, -0.05) is 0 Å². The fraction of sp³-hybridized carbons (Fsp3) is 0.467. The summed E-state index contributed by atoms with van der Waals surface area (Å²) in [7, 11) is 0. The first kappa shape index (κ1) is 14.5. The third-order valence-corrected chi connectivity index (χ3v) is 3.99. The normalized spacial score (nSPS) is 14.3. The summed E-state index contributed by atoms with van der Waals surface area (Å²) in [6.07, 6.45) is 3.26. The number of nitrogens with zero attached hydrogens (tertiary/aromatic N) is 3. The van der Waals surface area contributed by atoms with E-state index in [-0.39, 0.29) is 17.3 Å². The molecule has 0 aliphatic heterocycles. The van der Waals surface area contributed by atoms with Gasteiger partial charge in [-0.2, -0.15) is 0 Å². The number of fused-ring (bicyclic) bond motifs is 1. The van der Waals surface area contributed by atoms with E-state index in [1.54, 1.807) is 4.90 Å². The number of rotatable bonds is 4. The average Bonchev–Trinajstić information content (AvgIpc) is 3.33. The zero-order valence-corrected chi connectivity index (χ0v) is 12.6. The van der Waals surface area contributed by atoms with Crippen LogP contribution in [0.25, 0.3) is 11.0 Å². The molecule has 1 aliphatic rings. The molecule has 0 radical (unpaired) electrons. The Bertz CT molecular complexity index is 844. The zero-order valence-electron chi connectivity index (χ0n) is 12.6. The van der Waals surface area contributed by atoms with E-state index >= 15 is 0 Å². The van der Waals surface area contributed by atoms with E-state index in [9.17, 15) is 14.4 Å². The molecule has 0 atom stereocenters.